The van der Waals surface area contributed by atoms with Crippen LogP contribution in [0.5, 0.6) is 5.75 Å². The van der Waals surface area contributed by atoms with Crippen molar-refractivity contribution in [3.05, 3.63) is 27.7 Å². The molecule has 0 spiro atoms. The van der Waals surface area contributed by atoms with Gasteiger partial charge in [-0.3, -0.25) is 4.79 Å². The van der Waals surface area contributed by atoms with E-state index >= 15 is 0 Å². The number of carbonyl (C=O) groups excluding carboxylic acids is 1. The van der Waals surface area contributed by atoms with E-state index in [-0.39, 0.29) is 5.91 Å². The van der Waals surface area contributed by atoms with E-state index in [9.17, 15) is 10.1 Å². The SMILES string of the molecule is CCCCC(C)(C#N)NC(=O)C(C)Oc1ccc(Cl)c(C)c1Cl. The summed E-state index contributed by atoms with van der Waals surface area (Å²) in [5, 5.41) is 13.0. The van der Waals surface area contributed by atoms with Crippen LogP contribution in [-0.2, 0) is 4.79 Å². The number of unbranched alkanes of at least 4 members (excludes halogenated alkanes) is 1. The summed E-state index contributed by atoms with van der Waals surface area (Å²) in [4.78, 5) is 12.3. The molecule has 0 aliphatic carbocycles. The van der Waals surface area contributed by atoms with Gasteiger partial charge >= 0.3 is 0 Å². The Morgan fingerprint density at radius 1 is 1.48 bits per heavy atom. The molecule has 1 rings (SSSR count). The highest BCUT2D eigenvalue weighted by Crippen LogP contribution is 2.33. The number of carbonyl (C=O) groups is 1. The Kier molecular flexibility index (Phi) is 7.18. The molecule has 4 nitrogen and oxygen atoms in total. The molecule has 1 aromatic rings. The van der Waals surface area contributed by atoms with Crippen LogP contribution in [0, 0.1) is 18.3 Å². The fourth-order valence-electron chi connectivity index (χ4n) is 2.02. The Hall–Kier alpha value is -1.44. The Morgan fingerprint density at radius 3 is 2.70 bits per heavy atom. The number of rotatable bonds is 7. The highest BCUT2D eigenvalue weighted by atomic mass is 35.5. The summed E-state index contributed by atoms with van der Waals surface area (Å²) in [6.45, 7) is 7.15. The second kappa shape index (κ2) is 8.42. The van der Waals surface area contributed by atoms with Crippen molar-refractivity contribution in [2.75, 3.05) is 0 Å². The summed E-state index contributed by atoms with van der Waals surface area (Å²) in [6.07, 6.45) is 1.64. The minimum absolute atomic E-state index is 0.353. The van der Waals surface area contributed by atoms with Crippen LogP contribution in [0.15, 0.2) is 12.1 Å². The summed E-state index contributed by atoms with van der Waals surface area (Å²) in [7, 11) is 0. The monoisotopic (exact) mass is 356 g/mol. The number of nitriles is 1. The van der Waals surface area contributed by atoms with E-state index in [1.807, 2.05) is 6.92 Å². The summed E-state index contributed by atoms with van der Waals surface area (Å²) < 4.78 is 5.63. The van der Waals surface area contributed by atoms with Gasteiger partial charge in [0, 0.05) is 5.02 Å². The molecule has 2 atom stereocenters. The van der Waals surface area contributed by atoms with Gasteiger partial charge in [-0.1, -0.05) is 43.0 Å². The van der Waals surface area contributed by atoms with Crippen LogP contribution in [0.2, 0.25) is 10.0 Å². The van der Waals surface area contributed by atoms with E-state index in [1.165, 1.54) is 0 Å². The third kappa shape index (κ3) is 5.30. The molecule has 1 aromatic carbocycles. The molecular formula is C17H22Cl2N2O2. The van der Waals surface area contributed by atoms with E-state index in [0.29, 0.717) is 27.8 Å². The molecule has 6 heteroatoms. The third-order valence-corrected chi connectivity index (χ3v) is 4.51. The quantitative estimate of drug-likeness (QED) is 0.772. The van der Waals surface area contributed by atoms with E-state index in [4.69, 9.17) is 27.9 Å². The Balaban J connectivity index is 2.78. The van der Waals surface area contributed by atoms with Crippen LogP contribution in [0.25, 0.3) is 0 Å². The molecule has 1 amide bonds. The topological polar surface area (TPSA) is 62.1 Å². The smallest absolute Gasteiger partial charge is 0.262 e. The maximum Gasteiger partial charge on any atom is 0.262 e. The van der Waals surface area contributed by atoms with Crippen LogP contribution in [0.3, 0.4) is 0 Å². The molecule has 0 fully saturated rings. The van der Waals surface area contributed by atoms with Gasteiger partial charge in [-0.05, 0) is 44.9 Å². The average molecular weight is 357 g/mol. The number of ether oxygens (including phenoxy) is 1. The Morgan fingerprint density at radius 2 is 2.13 bits per heavy atom. The lowest BCUT2D eigenvalue weighted by Gasteiger charge is -2.25. The third-order valence-electron chi connectivity index (χ3n) is 3.63. The van der Waals surface area contributed by atoms with Gasteiger partial charge in [0.15, 0.2) is 6.10 Å². The summed E-state index contributed by atoms with van der Waals surface area (Å²) in [5.41, 5.74) is -0.201. The van der Waals surface area contributed by atoms with Gasteiger partial charge in [0.25, 0.3) is 5.91 Å². The second-order valence-corrected chi connectivity index (χ2v) is 6.57. The van der Waals surface area contributed by atoms with Gasteiger partial charge in [-0.15, -0.1) is 0 Å². The molecular weight excluding hydrogens is 335 g/mol. The van der Waals surface area contributed by atoms with E-state index in [2.05, 4.69) is 11.4 Å². The van der Waals surface area contributed by atoms with Gasteiger partial charge in [0.05, 0.1) is 11.1 Å². The highest BCUT2D eigenvalue weighted by Gasteiger charge is 2.28. The number of benzene rings is 1. The number of hydrogen-bond acceptors (Lipinski definition) is 3. The zero-order valence-corrected chi connectivity index (χ0v) is 15.4. The summed E-state index contributed by atoms with van der Waals surface area (Å²) >= 11 is 12.2. The Bertz CT molecular complexity index is 613. The lowest BCUT2D eigenvalue weighted by molar-refractivity contribution is -0.128. The van der Waals surface area contributed by atoms with Crippen LogP contribution in [0.1, 0.15) is 45.6 Å². The van der Waals surface area contributed by atoms with Gasteiger partial charge in [-0.2, -0.15) is 5.26 Å². The van der Waals surface area contributed by atoms with Crippen molar-refractivity contribution in [1.82, 2.24) is 5.32 Å². The number of hydrogen-bond donors (Lipinski definition) is 1. The second-order valence-electron chi connectivity index (χ2n) is 5.78. The van der Waals surface area contributed by atoms with Crippen LogP contribution in [0.4, 0.5) is 0 Å². The molecule has 0 aromatic heterocycles. The van der Waals surface area contributed by atoms with Crippen LogP contribution in [-0.4, -0.2) is 17.6 Å². The van der Waals surface area contributed by atoms with Crippen molar-refractivity contribution in [2.45, 2.75) is 58.6 Å². The van der Waals surface area contributed by atoms with E-state index in [1.54, 1.807) is 32.9 Å². The molecule has 1 N–H and O–H groups in total. The molecule has 0 aliphatic rings. The fraction of sp³-hybridized carbons (Fsp3) is 0.529. The predicted molar refractivity (Wildman–Crippen MR) is 93.0 cm³/mol. The van der Waals surface area contributed by atoms with Crippen LogP contribution < -0.4 is 10.1 Å². The van der Waals surface area contributed by atoms with Crippen molar-refractivity contribution in [3.63, 3.8) is 0 Å². The zero-order chi connectivity index (χ0) is 17.6. The first kappa shape index (κ1) is 19.6. The van der Waals surface area contributed by atoms with Gasteiger partial charge < -0.3 is 10.1 Å². The first-order chi connectivity index (χ1) is 10.7. The first-order valence-electron chi connectivity index (χ1n) is 7.58. The molecule has 0 saturated heterocycles. The highest BCUT2D eigenvalue weighted by molar-refractivity contribution is 6.36. The lowest BCUT2D eigenvalue weighted by atomic mass is 9.96. The normalized spacial score (nSPS) is 14.5. The lowest BCUT2D eigenvalue weighted by Crippen LogP contribution is -2.49. The van der Waals surface area contributed by atoms with Gasteiger partial charge in [0.1, 0.15) is 11.3 Å². The van der Waals surface area contributed by atoms with Crippen molar-refractivity contribution >= 4 is 29.1 Å². The molecule has 23 heavy (non-hydrogen) atoms. The number of amides is 1. The Labute approximate surface area is 147 Å². The van der Waals surface area contributed by atoms with Crippen molar-refractivity contribution in [3.8, 4) is 11.8 Å². The largest absolute Gasteiger partial charge is 0.479 e. The number of halogens is 2. The molecule has 126 valence electrons. The molecule has 0 saturated carbocycles. The number of nitrogens with zero attached hydrogens (tertiary/aromatic N) is 1. The maximum atomic E-state index is 12.3. The standard InChI is InChI=1S/C17H22Cl2N2O2/c1-5-6-9-17(4,10-20)21-16(22)12(3)23-14-8-7-13(18)11(2)15(14)19/h7-8,12H,5-6,9H2,1-4H3,(H,21,22). The van der Waals surface area contributed by atoms with Crippen molar-refractivity contribution in [1.29, 1.82) is 5.26 Å². The number of nitrogens with one attached hydrogen (secondary N) is 1. The predicted octanol–water partition coefficient (Wildman–Crippen LogP) is 4.66. The minimum Gasteiger partial charge on any atom is -0.479 e. The summed E-state index contributed by atoms with van der Waals surface area (Å²) in [5.74, 6) is 0.0391. The minimum atomic E-state index is -0.898. The van der Waals surface area contributed by atoms with Crippen LogP contribution >= 0.6 is 23.2 Å². The average Bonchev–Trinajstić information content (AvgIpc) is 2.53. The van der Waals surface area contributed by atoms with Crippen molar-refractivity contribution in [2.24, 2.45) is 0 Å². The van der Waals surface area contributed by atoms with Gasteiger partial charge in [0.2, 0.25) is 0 Å². The van der Waals surface area contributed by atoms with E-state index < -0.39 is 11.6 Å². The maximum absolute atomic E-state index is 12.3. The molecule has 0 bridgehead atoms. The molecule has 0 radical (unpaired) electrons. The molecule has 0 aliphatic heterocycles. The molecule has 2 unspecified atom stereocenters. The van der Waals surface area contributed by atoms with Crippen molar-refractivity contribution < 1.29 is 9.53 Å². The zero-order valence-electron chi connectivity index (χ0n) is 13.9. The first-order valence-corrected chi connectivity index (χ1v) is 8.34. The van der Waals surface area contributed by atoms with Gasteiger partial charge in [-0.25, -0.2) is 0 Å². The molecule has 0 heterocycles. The fourth-order valence-corrected chi connectivity index (χ4v) is 2.44. The summed E-state index contributed by atoms with van der Waals surface area (Å²) in [6, 6.07) is 5.46. The van der Waals surface area contributed by atoms with E-state index in [0.717, 1.165) is 12.8 Å².